The van der Waals surface area contributed by atoms with Crippen LogP contribution in [0.3, 0.4) is 0 Å². The van der Waals surface area contributed by atoms with Gasteiger partial charge in [-0.1, -0.05) is 143 Å². The van der Waals surface area contributed by atoms with E-state index < -0.39 is 0 Å². The van der Waals surface area contributed by atoms with Gasteiger partial charge in [-0.25, -0.2) is 4.99 Å². The molecular formula is C38H26Cl2N2OS3. The molecule has 3 heterocycles. The smallest absolute Gasteiger partial charge is 0.272 e. The van der Waals surface area contributed by atoms with Crippen LogP contribution in [0.5, 0.6) is 0 Å². The third-order valence-corrected chi connectivity index (χ3v) is 12.9. The van der Waals surface area contributed by atoms with Crippen LogP contribution in [-0.4, -0.2) is 4.57 Å². The second kappa shape index (κ2) is 12.6. The number of allylic oxidation sites excluding steroid dienone is 2. The Morgan fingerprint density at radius 2 is 1.33 bits per heavy atom. The molecule has 3 nitrogen and oxygen atoms in total. The Hall–Kier alpha value is -3.52. The molecule has 0 radical (unpaired) electrons. The molecule has 1 aromatic heterocycles. The predicted molar refractivity (Wildman–Crippen MR) is 198 cm³/mol. The highest BCUT2D eigenvalue weighted by Gasteiger charge is 2.34. The Balaban J connectivity index is 1.32. The number of thioether (sulfide) groups is 2. The molecule has 0 fully saturated rings. The lowest BCUT2D eigenvalue weighted by Gasteiger charge is -2.31. The lowest BCUT2D eigenvalue weighted by atomic mass is 9.84. The average molecular weight is 694 g/mol. The highest BCUT2D eigenvalue weighted by molar-refractivity contribution is 8.41. The summed E-state index contributed by atoms with van der Waals surface area (Å²) in [5.74, 6) is 0. The van der Waals surface area contributed by atoms with Crippen LogP contribution in [0.4, 0.5) is 0 Å². The lowest BCUT2D eigenvalue weighted by Crippen LogP contribution is -2.39. The number of hydrogen-bond acceptors (Lipinski definition) is 5. The van der Waals surface area contributed by atoms with E-state index in [2.05, 4.69) is 54.6 Å². The van der Waals surface area contributed by atoms with Gasteiger partial charge >= 0.3 is 0 Å². The van der Waals surface area contributed by atoms with Crippen molar-refractivity contribution in [3.8, 4) is 0 Å². The van der Waals surface area contributed by atoms with Crippen LogP contribution in [0.2, 0.25) is 10.0 Å². The largest absolute Gasteiger partial charge is 0.272 e. The Morgan fingerprint density at radius 3 is 1.93 bits per heavy atom. The van der Waals surface area contributed by atoms with Crippen molar-refractivity contribution in [3.05, 3.63) is 178 Å². The van der Waals surface area contributed by atoms with Crippen LogP contribution in [-0.2, 0) is 0 Å². The number of aromatic nitrogens is 1. The topological polar surface area (TPSA) is 34.4 Å². The van der Waals surface area contributed by atoms with Crippen LogP contribution < -0.4 is 14.9 Å². The molecule has 8 rings (SSSR count). The Labute approximate surface area is 289 Å². The first kappa shape index (κ1) is 29.9. The van der Waals surface area contributed by atoms with Crippen LogP contribution in [0, 0.1) is 0 Å². The Morgan fingerprint density at radius 1 is 0.739 bits per heavy atom. The van der Waals surface area contributed by atoms with Crippen molar-refractivity contribution in [2.45, 2.75) is 25.3 Å². The van der Waals surface area contributed by atoms with Gasteiger partial charge in [-0.15, -0.1) is 0 Å². The summed E-state index contributed by atoms with van der Waals surface area (Å²) in [5.41, 5.74) is 7.78. The zero-order valence-corrected chi connectivity index (χ0v) is 28.4. The second-order valence-electron chi connectivity index (χ2n) is 11.3. The minimum absolute atomic E-state index is 0.000720. The Bertz CT molecular complexity index is 2200. The summed E-state index contributed by atoms with van der Waals surface area (Å²) in [6.07, 6.45) is 5.01. The molecule has 4 aromatic carbocycles. The maximum Gasteiger partial charge on any atom is 0.272 e. The highest BCUT2D eigenvalue weighted by Crippen LogP contribution is 2.57. The first-order chi connectivity index (χ1) is 22.5. The van der Waals surface area contributed by atoms with Crippen molar-refractivity contribution in [1.29, 1.82) is 0 Å². The van der Waals surface area contributed by atoms with Crippen LogP contribution in [0.25, 0.3) is 20.1 Å². The molecule has 5 aromatic rings. The molecule has 0 spiro atoms. The standard InChI is InChI=1S/C38H26Cl2N2OS3/c39-28-18-14-23(15-19-28)22-27-12-7-13-30-31(27)41-38-42(32(30)24-16-20-29(40)21-17-24)36(43)35(46-38)37-44-33(25-8-3-1-4-9-25)34(45-37)26-10-5-2-6-11-26/h1-6,8-11,14-22,32H,7,12-13H2/b27-22+. The summed E-state index contributed by atoms with van der Waals surface area (Å²) >= 11 is 17.4. The molecule has 226 valence electrons. The number of halogens is 2. The van der Waals surface area contributed by atoms with Crippen molar-refractivity contribution >= 4 is 78.2 Å². The van der Waals surface area contributed by atoms with Crippen LogP contribution >= 0.6 is 58.1 Å². The van der Waals surface area contributed by atoms with E-state index in [0.29, 0.717) is 10.0 Å². The second-order valence-corrected chi connectivity index (χ2v) is 15.4. The van der Waals surface area contributed by atoms with E-state index in [4.69, 9.17) is 28.2 Å². The number of nitrogens with zero attached hydrogens (tertiary/aromatic N) is 2. The third-order valence-electron chi connectivity index (χ3n) is 8.36. The summed E-state index contributed by atoms with van der Waals surface area (Å²) in [6.45, 7) is 0. The maximum absolute atomic E-state index is 14.6. The van der Waals surface area contributed by atoms with Gasteiger partial charge in [0.05, 0.1) is 16.0 Å². The summed E-state index contributed by atoms with van der Waals surface area (Å²) in [4.78, 5) is 22.9. The van der Waals surface area contributed by atoms with Gasteiger partial charge < -0.3 is 0 Å². The molecule has 2 aliphatic heterocycles. The summed E-state index contributed by atoms with van der Waals surface area (Å²) < 4.78 is 3.65. The van der Waals surface area contributed by atoms with Crippen LogP contribution in [0.15, 0.2) is 136 Å². The quantitative estimate of drug-likeness (QED) is 0.188. The van der Waals surface area contributed by atoms with Gasteiger partial charge in [0, 0.05) is 19.9 Å². The fourth-order valence-corrected chi connectivity index (χ4v) is 10.4. The average Bonchev–Trinajstić information content (AvgIpc) is 3.68. The van der Waals surface area contributed by atoms with Crippen molar-refractivity contribution in [2.24, 2.45) is 4.99 Å². The number of hydrogen-bond donors (Lipinski definition) is 0. The molecule has 0 saturated heterocycles. The van der Waals surface area contributed by atoms with E-state index in [1.165, 1.54) is 32.3 Å². The van der Waals surface area contributed by atoms with Crippen molar-refractivity contribution in [3.63, 3.8) is 0 Å². The van der Waals surface area contributed by atoms with E-state index in [9.17, 15) is 4.79 Å². The van der Waals surface area contributed by atoms with E-state index in [-0.39, 0.29) is 11.6 Å². The number of benzene rings is 4. The van der Waals surface area contributed by atoms with Gasteiger partial charge in [-0.2, -0.15) is 0 Å². The molecule has 0 amide bonds. The van der Waals surface area contributed by atoms with E-state index in [1.807, 2.05) is 65.2 Å². The minimum atomic E-state index is -0.252. The SMILES string of the molecule is O=c1c(=C2SC(c3ccccc3)=C(c3ccccc3)S2)sc2n1C(c1ccc(Cl)cc1)C1=C(N=2)/C(=C/c2ccc(Cl)cc2)CCC1. The minimum Gasteiger partial charge on any atom is -0.272 e. The third kappa shape index (κ3) is 5.56. The Kier molecular flexibility index (Phi) is 8.17. The molecule has 1 unspecified atom stereocenters. The molecule has 0 bridgehead atoms. The molecule has 1 atom stereocenters. The molecule has 46 heavy (non-hydrogen) atoms. The molecule has 0 N–H and O–H groups in total. The molecule has 3 aliphatic rings. The van der Waals surface area contributed by atoms with Gasteiger partial charge in [-0.3, -0.25) is 9.36 Å². The van der Waals surface area contributed by atoms with Crippen molar-refractivity contribution < 1.29 is 0 Å². The van der Waals surface area contributed by atoms with Gasteiger partial charge in [0.1, 0.15) is 4.53 Å². The van der Waals surface area contributed by atoms with Gasteiger partial charge in [0.2, 0.25) is 0 Å². The van der Waals surface area contributed by atoms with Gasteiger partial charge in [0.15, 0.2) is 4.80 Å². The molecule has 8 heteroatoms. The van der Waals surface area contributed by atoms with Gasteiger partial charge in [0.25, 0.3) is 5.56 Å². The lowest BCUT2D eigenvalue weighted by molar-refractivity contribution is 0.553. The van der Waals surface area contributed by atoms with E-state index in [0.717, 1.165) is 60.8 Å². The number of rotatable bonds is 4. The van der Waals surface area contributed by atoms with E-state index in [1.54, 1.807) is 23.5 Å². The summed E-state index contributed by atoms with van der Waals surface area (Å²) in [7, 11) is 0. The van der Waals surface area contributed by atoms with Gasteiger partial charge in [-0.05, 0) is 83.0 Å². The fraction of sp³-hybridized carbons (Fsp3) is 0.105. The first-order valence-corrected chi connectivity index (χ1v) is 18.2. The first-order valence-electron chi connectivity index (χ1n) is 15.0. The fourth-order valence-electron chi connectivity index (χ4n) is 6.23. The summed E-state index contributed by atoms with van der Waals surface area (Å²) in [6, 6.07) is 36.4. The van der Waals surface area contributed by atoms with Crippen molar-refractivity contribution in [1.82, 2.24) is 4.57 Å². The molecule has 1 aliphatic carbocycles. The van der Waals surface area contributed by atoms with E-state index >= 15 is 0 Å². The number of thiazole rings is 1. The maximum atomic E-state index is 14.6. The zero-order valence-electron chi connectivity index (χ0n) is 24.5. The monoisotopic (exact) mass is 692 g/mol. The molecule has 0 saturated carbocycles. The van der Waals surface area contributed by atoms with Crippen LogP contribution in [0.1, 0.15) is 47.6 Å². The zero-order chi connectivity index (χ0) is 31.2. The number of fused-ring (bicyclic) bond motifs is 1. The summed E-state index contributed by atoms with van der Waals surface area (Å²) in [5, 5.41) is 1.39. The highest BCUT2D eigenvalue weighted by atomic mass is 35.5. The van der Waals surface area contributed by atoms with Crippen molar-refractivity contribution in [2.75, 3.05) is 0 Å². The normalized spacial score (nSPS) is 18.5. The predicted octanol–water partition coefficient (Wildman–Crippen LogP) is 10.0. The molecular weight excluding hydrogens is 668 g/mol.